The van der Waals surface area contributed by atoms with Crippen LogP contribution in [-0.2, 0) is 0 Å². The van der Waals surface area contributed by atoms with E-state index in [1.54, 1.807) is 13.0 Å². The van der Waals surface area contributed by atoms with E-state index in [2.05, 4.69) is 26.2 Å². The molecule has 0 aliphatic carbocycles. The minimum Gasteiger partial charge on any atom is -0.319 e. The van der Waals surface area contributed by atoms with E-state index in [0.717, 1.165) is 5.56 Å². The van der Waals surface area contributed by atoms with Crippen LogP contribution in [0.2, 0.25) is 5.15 Å². The Bertz CT molecular complexity index is 649. The van der Waals surface area contributed by atoms with Crippen molar-refractivity contribution in [1.82, 2.24) is 4.98 Å². The van der Waals surface area contributed by atoms with Crippen molar-refractivity contribution >= 4 is 39.1 Å². The molecule has 1 aromatic heterocycles. The van der Waals surface area contributed by atoms with E-state index in [1.165, 1.54) is 24.4 Å². The first kappa shape index (κ1) is 14.0. The largest absolute Gasteiger partial charge is 0.319 e. The Morgan fingerprint density at radius 3 is 2.84 bits per heavy atom. The van der Waals surface area contributed by atoms with Crippen LogP contribution in [-0.4, -0.2) is 10.9 Å². The fraction of sp³-hybridized carbons (Fsp3) is 0.0769. The van der Waals surface area contributed by atoms with E-state index in [1.807, 2.05) is 0 Å². The van der Waals surface area contributed by atoms with Crippen molar-refractivity contribution in [2.45, 2.75) is 6.92 Å². The Morgan fingerprint density at radius 1 is 1.42 bits per heavy atom. The van der Waals surface area contributed by atoms with Crippen molar-refractivity contribution in [1.29, 1.82) is 0 Å². The second kappa shape index (κ2) is 5.67. The standard InChI is InChI=1S/C13H9BrClFN2O/c1-7-2-3-11(10(16)4-7)18-13(19)9-5-8(14)6-17-12(9)15/h2-6H,1H3,(H,18,19). The second-order valence-corrected chi connectivity index (χ2v) is 5.20. The van der Waals surface area contributed by atoms with Gasteiger partial charge in [-0.1, -0.05) is 17.7 Å². The summed E-state index contributed by atoms with van der Waals surface area (Å²) in [7, 11) is 0. The highest BCUT2D eigenvalue weighted by atomic mass is 79.9. The molecule has 0 aliphatic heterocycles. The zero-order valence-corrected chi connectivity index (χ0v) is 12.2. The summed E-state index contributed by atoms with van der Waals surface area (Å²) in [6.45, 7) is 1.77. The molecule has 0 radical (unpaired) electrons. The molecular weight excluding hydrogens is 335 g/mol. The molecule has 0 aliphatic rings. The van der Waals surface area contributed by atoms with Gasteiger partial charge in [0.05, 0.1) is 11.3 Å². The number of anilines is 1. The van der Waals surface area contributed by atoms with Crippen molar-refractivity contribution in [2.75, 3.05) is 5.32 Å². The molecule has 0 saturated carbocycles. The minimum atomic E-state index is -0.512. The number of nitrogens with one attached hydrogen (secondary N) is 1. The van der Waals surface area contributed by atoms with Gasteiger partial charge in [-0.05, 0) is 46.6 Å². The highest BCUT2D eigenvalue weighted by Crippen LogP contribution is 2.21. The van der Waals surface area contributed by atoms with Gasteiger partial charge in [-0.2, -0.15) is 0 Å². The summed E-state index contributed by atoms with van der Waals surface area (Å²) in [5.74, 6) is -1.01. The van der Waals surface area contributed by atoms with Crippen LogP contribution in [0.15, 0.2) is 34.9 Å². The Balaban J connectivity index is 2.28. The number of hydrogen-bond donors (Lipinski definition) is 1. The summed E-state index contributed by atoms with van der Waals surface area (Å²) >= 11 is 9.03. The number of benzene rings is 1. The molecule has 0 bridgehead atoms. The zero-order valence-electron chi connectivity index (χ0n) is 9.88. The molecule has 19 heavy (non-hydrogen) atoms. The normalized spacial score (nSPS) is 10.3. The number of hydrogen-bond acceptors (Lipinski definition) is 2. The zero-order chi connectivity index (χ0) is 14.0. The highest BCUT2D eigenvalue weighted by Gasteiger charge is 2.14. The van der Waals surface area contributed by atoms with Gasteiger partial charge in [-0.15, -0.1) is 0 Å². The van der Waals surface area contributed by atoms with E-state index in [9.17, 15) is 9.18 Å². The summed E-state index contributed by atoms with van der Waals surface area (Å²) in [5.41, 5.74) is 1.06. The van der Waals surface area contributed by atoms with Crippen LogP contribution < -0.4 is 5.32 Å². The number of amides is 1. The number of aryl methyl sites for hydroxylation is 1. The Kier molecular flexibility index (Phi) is 4.17. The van der Waals surface area contributed by atoms with Gasteiger partial charge in [-0.25, -0.2) is 9.37 Å². The van der Waals surface area contributed by atoms with Crippen molar-refractivity contribution in [2.24, 2.45) is 0 Å². The molecular formula is C13H9BrClFN2O. The van der Waals surface area contributed by atoms with E-state index in [-0.39, 0.29) is 16.4 Å². The van der Waals surface area contributed by atoms with Crippen LogP contribution in [0.5, 0.6) is 0 Å². The van der Waals surface area contributed by atoms with Gasteiger partial charge < -0.3 is 5.32 Å². The Morgan fingerprint density at radius 2 is 2.16 bits per heavy atom. The molecule has 0 saturated heterocycles. The molecule has 1 heterocycles. The van der Waals surface area contributed by atoms with Crippen molar-refractivity contribution in [3.8, 4) is 0 Å². The van der Waals surface area contributed by atoms with Crippen molar-refractivity contribution in [3.63, 3.8) is 0 Å². The van der Waals surface area contributed by atoms with Crippen molar-refractivity contribution < 1.29 is 9.18 Å². The number of pyridine rings is 1. The molecule has 6 heteroatoms. The molecule has 98 valence electrons. The monoisotopic (exact) mass is 342 g/mol. The number of nitrogens with zero attached hydrogens (tertiary/aromatic N) is 1. The van der Waals surface area contributed by atoms with Crippen LogP contribution in [0.25, 0.3) is 0 Å². The number of carbonyl (C=O) groups excluding carboxylic acids is 1. The molecule has 2 rings (SSSR count). The summed E-state index contributed by atoms with van der Waals surface area (Å²) < 4.78 is 14.3. The van der Waals surface area contributed by atoms with Crippen LogP contribution in [0.1, 0.15) is 15.9 Å². The molecule has 3 nitrogen and oxygen atoms in total. The Hall–Kier alpha value is -1.46. The van der Waals surface area contributed by atoms with Gasteiger partial charge in [0.1, 0.15) is 11.0 Å². The predicted octanol–water partition coefficient (Wildman–Crippen LogP) is 4.20. The molecule has 0 fully saturated rings. The quantitative estimate of drug-likeness (QED) is 0.831. The molecule has 1 amide bonds. The number of aromatic nitrogens is 1. The first-order chi connectivity index (χ1) is 8.97. The third-order valence-electron chi connectivity index (χ3n) is 2.42. The topological polar surface area (TPSA) is 42.0 Å². The van der Waals surface area contributed by atoms with Crippen LogP contribution >= 0.6 is 27.5 Å². The summed E-state index contributed by atoms with van der Waals surface area (Å²) in [4.78, 5) is 15.8. The lowest BCUT2D eigenvalue weighted by molar-refractivity contribution is 0.102. The lowest BCUT2D eigenvalue weighted by atomic mass is 10.2. The molecule has 0 atom stereocenters. The summed E-state index contributed by atoms with van der Waals surface area (Å²) in [6.07, 6.45) is 1.48. The third-order valence-corrected chi connectivity index (χ3v) is 3.16. The van der Waals surface area contributed by atoms with Crippen LogP contribution in [0.3, 0.4) is 0 Å². The van der Waals surface area contributed by atoms with E-state index >= 15 is 0 Å². The maximum absolute atomic E-state index is 13.6. The van der Waals surface area contributed by atoms with Crippen LogP contribution in [0.4, 0.5) is 10.1 Å². The SMILES string of the molecule is Cc1ccc(NC(=O)c2cc(Br)cnc2Cl)c(F)c1. The Labute approximate surface area is 122 Å². The first-order valence-corrected chi connectivity index (χ1v) is 6.53. The average Bonchev–Trinajstić information content (AvgIpc) is 2.35. The van der Waals surface area contributed by atoms with Gasteiger partial charge in [0.25, 0.3) is 5.91 Å². The molecule has 0 spiro atoms. The highest BCUT2D eigenvalue weighted by molar-refractivity contribution is 9.10. The third kappa shape index (κ3) is 3.30. The van der Waals surface area contributed by atoms with Gasteiger partial charge in [0.2, 0.25) is 0 Å². The molecule has 2 aromatic rings. The second-order valence-electron chi connectivity index (χ2n) is 3.93. The maximum Gasteiger partial charge on any atom is 0.258 e. The molecule has 1 N–H and O–H groups in total. The van der Waals surface area contributed by atoms with Gasteiger partial charge in [0, 0.05) is 10.7 Å². The van der Waals surface area contributed by atoms with E-state index in [0.29, 0.717) is 4.47 Å². The van der Waals surface area contributed by atoms with Crippen molar-refractivity contribution in [3.05, 3.63) is 57.0 Å². The number of halogens is 3. The van der Waals surface area contributed by atoms with Gasteiger partial charge in [0.15, 0.2) is 0 Å². The molecule has 0 unspecified atom stereocenters. The van der Waals surface area contributed by atoms with E-state index < -0.39 is 11.7 Å². The average molecular weight is 344 g/mol. The van der Waals surface area contributed by atoms with Gasteiger partial charge in [-0.3, -0.25) is 4.79 Å². The van der Waals surface area contributed by atoms with E-state index in [4.69, 9.17) is 11.6 Å². The lowest BCUT2D eigenvalue weighted by Gasteiger charge is -2.08. The van der Waals surface area contributed by atoms with Crippen LogP contribution in [0, 0.1) is 12.7 Å². The maximum atomic E-state index is 13.6. The lowest BCUT2D eigenvalue weighted by Crippen LogP contribution is -2.14. The first-order valence-electron chi connectivity index (χ1n) is 5.36. The smallest absolute Gasteiger partial charge is 0.258 e. The summed E-state index contributed by atoms with van der Waals surface area (Å²) in [5, 5.41) is 2.53. The minimum absolute atomic E-state index is 0.0632. The molecule has 1 aromatic carbocycles. The fourth-order valence-electron chi connectivity index (χ4n) is 1.49. The van der Waals surface area contributed by atoms with Gasteiger partial charge >= 0.3 is 0 Å². The summed E-state index contributed by atoms with van der Waals surface area (Å²) in [6, 6.07) is 6.08. The number of rotatable bonds is 2. The number of carbonyl (C=O) groups is 1. The fourth-order valence-corrected chi connectivity index (χ4v) is 2.01. The predicted molar refractivity (Wildman–Crippen MR) is 76.0 cm³/mol.